The van der Waals surface area contributed by atoms with Crippen LogP contribution < -0.4 is 25.3 Å². The Morgan fingerprint density at radius 3 is 0.895 bits per heavy atom. The van der Waals surface area contributed by atoms with Gasteiger partial charge in [0.15, 0.2) is 0 Å². The van der Waals surface area contributed by atoms with Crippen LogP contribution in [-0.2, 0) is 10.8 Å². The summed E-state index contributed by atoms with van der Waals surface area (Å²) < 4.78 is 7.97. The molecule has 3 heterocycles. The van der Waals surface area contributed by atoms with E-state index >= 15 is 0 Å². The van der Waals surface area contributed by atoms with Crippen LogP contribution in [-0.4, -0.2) is 13.7 Å². The molecule has 0 spiro atoms. The number of hydrogen-bond donors (Lipinski definition) is 2. The lowest BCUT2D eigenvalue weighted by molar-refractivity contribution is 0.660. The van der Waals surface area contributed by atoms with E-state index in [1.807, 2.05) is 97.1 Å². The summed E-state index contributed by atoms with van der Waals surface area (Å²) in [5.41, 5.74) is 35.3. The lowest BCUT2D eigenvalue weighted by Gasteiger charge is -2.31. The van der Waals surface area contributed by atoms with Crippen LogP contribution >= 0.6 is 39.1 Å². The van der Waals surface area contributed by atoms with E-state index in [1.54, 1.807) is 0 Å². The first kappa shape index (κ1) is 91.2. The average molecular weight is 1950 g/mol. The molecule has 2 aliphatic carbocycles. The molecule has 2 N–H and O–H groups in total. The zero-order valence-corrected chi connectivity index (χ0v) is 82.6. The summed E-state index contributed by atoms with van der Waals surface area (Å²) >= 11 is 17.1. The first-order chi connectivity index (χ1) is 70.2. The smallest absolute Gasteiger partial charge is 0.0583 e. The van der Waals surface area contributed by atoms with Crippen LogP contribution in [0.1, 0.15) is 49.9 Å². The first-order valence-corrected chi connectivity index (χ1v) is 50.0. The fourth-order valence-electron chi connectivity index (χ4n) is 20.8. The monoisotopic (exact) mass is 1950 g/mol. The molecule has 0 amide bonds. The second-order valence-corrected chi connectivity index (χ2v) is 38.6. The molecule has 0 unspecified atom stereocenters. The summed E-state index contributed by atoms with van der Waals surface area (Å²) in [5, 5.41) is 15.2. The Morgan fingerprint density at radius 1 is 0.210 bits per heavy atom. The molecule has 8 nitrogen and oxygen atoms in total. The summed E-state index contributed by atoms with van der Waals surface area (Å²) in [7, 11) is 0. The number of hydrogen-bond acceptors (Lipinski definition) is 5. The Bertz CT molecular complexity index is 8530. The van der Waals surface area contributed by atoms with Gasteiger partial charge in [-0.15, -0.1) is 0 Å². The standard InChI is InChI=1S/C51H39N3.C30H21ClN2.C21H19N.C18H11BrClN.C12H11N/c1-51(2)45-29-17-15-27-42(45)43-32-31-40(33-46(43)51)53(38-23-11-5-12-24-38)48-34-41(52(36-19-7-3-8-20-36)37-21-9-4-10-22-37)35-49-50(48)44-28-16-18-30-47(44)54(49)39-25-13-6-14-26-39;31-27-20-25(32(22-12-4-1-5-13-22)23-14-6-2-7-15-23)21-29-30(27)26-18-10-11-19-28(26)33(29)24-16-8-3-9-17-24;1-21(2)19-11-7-6-10-17(19)18-13-12-16(14-20(18)21)22-15-8-4-3-5-9-15;19-12-10-15(20)18-14-8-4-5-9-16(14)21(17(18)11-12)13-6-2-1-3-7-13;1-3-7-11(8-4-1)13-12-9-5-2-6-10-12/h3-35H,1-2H3;1-21H;3-14,22H,1-2H3;1-11H;1-10,13H. The van der Waals surface area contributed by atoms with E-state index in [0.29, 0.717) is 0 Å². The first-order valence-electron chi connectivity index (χ1n) is 48.4. The van der Waals surface area contributed by atoms with Crippen LogP contribution in [0.3, 0.4) is 0 Å². The molecule has 0 atom stereocenters. The Hall–Kier alpha value is -16.9. The van der Waals surface area contributed by atoms with Crippen molar-refractivity contribution in [3.63, 3.8) is 0 Å². The van der Waals surface area contributed by atoms with Crippen LogP contribution in [0.5, 0.6) is 0 Å². The second-order valence-electron chi connectivity index (χ2n) is 36.9. The van der Waals surface area contributed by atoms with Crippen molar-refractivity contribution in [1.82, 2.24) is 13.7 Å². The van der Waals surface area contributed by atoms with Crippen molar-refractivity contribution in [1.29, 1.82) is 0 Å². The number of rotatable bonds is 16. The summed E-state index contributed by atoms with van der Waals surface area (Å²) in [5.74, 6) is 0. The Labute approximate surface area is 853 Å². The van der Waals surface area contributed by atoms with Gasteiger partial charge < -0.3 is 39.0 Å². The summed E-state index contributed by atoms with van der Waals surface area (Å²) in [4.78, 5) is 7.10. The molecule has 11 heteroatoms. The number of nitrogens with one attached hydrogen (secondary N) is 2. The second kappa shape index (κ2) is 40.1. The number of benzene rings is 21. The summed E-state index contributed by atoms with van der Waals surface area (Å²) in [6, 6.07) is 185. The molecule has 0 saturated carbocycles. The zero-order chi connectivity index (χ0) is 96.9. The number of fused-ring (bicyclic) bond motifs is 15. The normalized spacial score (nSPS) is 12.1. The minimum Gasteiger partial charge on any atom is -0.356 e. The largest absolute Gasteiger partial charge is 0.356 e. The lowest BCUT2D eigenvalue weighted by atomic mass is 9.82. The number of anilines is 13. The topological polar surface area (TPSA) is 48.6 Å². The van der Waals surface area contributed by atoms with Gasteiger partial charge in [-0.2, -0.15) is 0 Å². The van der Waals surface area contributed by atoms with E-state index in [1.165, 1.54) is 71.7 Å². The van der Waals surface area contributed by atoms with E-state index in [9.17, 15) is 0 Å². The highest BCUT2D eigenvalue weighted by molar-refractivity contribution is 9.10. The van der Waals surface area contributed by atoms with Crippen LogP contribution in [0.15, 0.2) is 532 Å². The highest BCUT2D eigenvalue weighted by atomic mass is 79.9. The maximum absolute atomic E-state index is 7.02. The third-order valence-electron chi connectivity index (χ3n) is 27.3. The van der Waals surface area contributed by atoms with Crippen LogP contribution in [0.25, 0.3) is 105 Å². The van der Waals surface area contributed by atoms with Gasteiger partial charge in [-0.3, -0.25) is 0 Å². The van der Waals surface area contributed by atoms with E-state index in [2.05, 4.69) is 513 Å². The van der Waals surface area contributed by atoms with Gasteiger partial charge in [0.1, 0.15) is 0 Å². The van der Waals surface area contributed by atoms with E-state index in [-0.39, 0.29) is 10.8 Å². The highest BCUT2D eigenvalue weighted by Crippen LogP contribution is 2.55. The van der Waals surface area contributed by atoms with E-state index in [0.717, 1.165) is 144 Å². The molecule has 690 valence electrons. The van der Waals surface area contributed by atoms with Gasteiger partial charge in [-0.05, 0) is 257 Å². The summed E-state index contributed by atoms with van der Waals surface area (Å²) in [6.45, 7) is 9.34. The van der Waals surface area contributed by atoms with E-state index in [4.69, 9.17) is 23.2 Å². The van der Waals surface area contributed by atoms with Crippen LogP contribution in [0, 0.1) is 0 Å². The molecule has 0 saturated heterocycles. The fraction of sp³-hybridized carbons (Fsp3) is 0.0455. The average Bonchev–Trinajstić information content (AvgIpc) is 1.57. The predicted molar refractivity (Wildman–Crippen MR) is 612 cm³/mol. The summed E-state index contributed by atoms with van der Waals surface area (Å²) in [6.07, 6.45) is 0. The number of halogens is 3. The predicted octanol–water partition coefficient (Wildman–Crippen LogP) is 38.3. The van der Waals surface area contributed by atoms with Gasteiger partial charge in [0, 0.05) is 127 Å². The van der Waals surface area contributed by atoms with Gasteiger partial charge in [0.2, 0.25) is 0 Å². The Morgan fingerprint density at radius 2 is 0.497 bits per heavy atom. The van der Waals surface area contributed by atoms with Crippen molar-refractivity contribution >= 4 is 178 Å². The zero-order valence-electron chi connectivity index (χ0n) is 79.5. The molecule has 21 aromatic carbocycles. The van der Waals surface area contributed by atoms with Crippen LogP contribution in [0.4, 0.5) is 73.9 Å². The maximum atomic E-state index is 7.02. The van der Waals surface area contributed by atoms with Crippen LogP contribution in [0.2, 0.25) is 10.0 Å². The van der Waals surface area contributed by atoms with Crippen molar-refractivity contribution in [3.8, 4) is 39.3 Å². The SMILES string of the molecule is CC1(C)c2ccccc2-c2ccc(N(c3ccccc3)c3cc(N(c4ccccc4)c4ccccc4)cc4c3c3ccccc3n4-c3ccccc3)cc21.CC1(C)c2ccccc2-c2ccc(Nc3ccccc3)cc21.Clc1cc(Br)cc2c1c1ccccc1n2-c1ccccc1.Clc1cc(N(c2ccccc2)c2ccccc2)cc2c1c1ccccc1n2-c1ccccc1.c1ccc(Nc2ccccc2)cc1. The molecule has 0 fully saturated rings. The Kier molecular flexibility index (Phi) is 25.6. The van der Waals surface area contributed by atoms with Crippen molar-refractivity contribution in [2.45, 2.75) is 38.5 Å². The third-order valence-corrected chi connectivity index (χ3v) is 28.4. The van der Waals surface area contributed by atoms with Crippen molar-refractivity contribution in [2.75, 3.05) is 25.3 Å². The molecular weight excluding hydrogens is 1850 g/mol. The lowest BCUT2D eigenvalue weighted by Crippen LogP contribution is -2.17. The maximum Gasteiger partial charge on any atom is 0.0583 e. The van der Waals surface area contributed by atoms with Gasteiger partial charge >= 0.3 is 0 Å². The molecule has 24 aromatic rings. The minimum atomic E-state index is -0.137. The number of aromatic nitrogens is 3. The van der Waals surface area contributed by atoms with Gasteiger partial charge in [-0.25, -0.2) is 0 Å². The minimum absolute atomic E-state index is 0.0559. The quantitative estimate of drug-likeness (QED) is 0.101. The molecule has 0 radical (unpaired) electrons. The molecule has 3 aromatic heterocycles. The van der Waals surface area contributed by atoms with Crippen molar-refractivity contribution < 1.29 is 0 Å². The van der Waals surface area contributed by atoms with Gasteiger partial charge in [0.05, 0.1) is 54.5 Å². The molecular formula is C132H101BrCl2N8. The molecule has 143 heavy (non-hydrogen) atoms. The molecule has 0 aliphatic heterocycles. The fourth-order valence-corrected chi connectivity index (χ4v) is 22.0. The van der Waals surface area contributed by atoms with Crippen molar-refractivity contribution in [2.24, 2.45) is 0 Å². The van der Waals surface area contributed by atoms with Gasteiger partial charge in [-0.1, -0.05) is 382 Å². The van der Waals surface area contributed by atoms with E-state index < -0.39 is 0 Å². The highest BCUT2D eigenvalue weighted by Gasteiger charge is 2.38. The molecule has 2 aliphatic rings. The van der Waals surface area contributed by atoms with Crippen molar-refractivity contribution in [3.05, 3.63) is 565 Å². The number of para-hydroxylation sites is 14. The Balaban J connectivity index is 0.000000112. The third kappa shape index (κ3) is 18.0. The molecule has 0 bridgehead atoms. The van der Waals surface area contributed by atoms with Gasteiger partial charge in [0.25, 0.3) is 0 Å². The number of nitrogens with zero attached hydrogens (tertiary/aromatic N) is 6. The molecule has 26 rings (SSSR count).